The fraction of sp³-hybridized carbons (Fsp3) is 0.364. The van der Waals surface area contributed by atoms with Crippen molar-refractivity contribution < 1.29 is 14.3 Å². The zero-order valence-corrected chi connectivity index (χ0v) is 17.9. The molecule has 0 saturated heterocycles. The Morgan fingerprint density at radius 3 is 2.36 bits per heavy atom. The van der Waals surface area contributed by atoms with Crippen molar-refractivity contribution in [3.8, 4) is 5.75 Å². The van der Waals surface area contributed by atoms with E-state index in [0.717, 1.165) is 11.1 Å². The number of carbonyl (C=O) groups excluding carboxylic acids is 2. The zero-order chi connectivity index (χ0) is 21.0. The molecular formula is C22H27ClN2O3. The van der Waals surface area contributed by atoms with Gasteiger partial charge in [-0.2, -0.15) is 0 Å². The minimum absolute atomic E-state index is 0.230. The van der Waals surface area contributed by atoms with E-state index in [0.29, 0.717) is 27.9 Å². The maximum absolute atomic E-state index is 12.6. The first-order valence-electron chi connectivity index (χ1n) is 9.19. The third kappa shape index (κ3) is 5.26. The van der Waals surface area contributed by atoms with Crippen molar-refractivity contribution in [1.29, 1.82) is 0 Å². The summed E-state index contributed by atoms with van der Waals surface area (Å²) >= 11 is 6.11. The first-order valence-corrected chi connectivity index (χ1v) is 9.57. The number of aryl methyl sites for hydroxylation is 1. The second kappa shape index (κ2) is 9.11. The fourth-order valence-corrected chi connectivity index (χ4v) is 2.80. The van der Waals surface area contributed by atoms with Crippen LogP contribution in [0.3, 0.4) is 0 Å². The lowest BCUT2D eigenvalue weighted by molar-refractivity contribution is -0.122. The molecule has 28 heavy (non-hydrogen) atoms. The molecule has 5 nitrogen and oxygen atoms in total. The van der Waals surface area contributed by atoms with E-state index in [9.17, 15) is 9.59 Å². The van der Waals surface area contributed by atoms with E-state index in [2.05, 4.69) is 25.2 Å². The summed E-state index contributed by atoms with van der Waals surface area (Å²) in [6.45, 7) is 7.86. The van der Waals surface area contributed by atoms with Crippen molar-refractivity contribution in [3.05, 3.63) is 58.1 Å². The van der Waals surface area contributed by atoms with Gasteiger partial charge in [-0.05, 0) is 55.2 Å². The van der Waals surface area contributed by atoms with Crippen LogP contribution in [0.2, 0.25) is 5.02 Å². The van der Waals surface area contributed by atoms with Gasteiger partial charge in [0.1, 0.15) is 5.75 Å². The lowest BCUT2D eigenvalue weighted by Crippen LogP contribution is -2.30. The minimum Gasteiger partial charge on any atom is -0.481 e. The van der Waals surface area contributed by atoms with Gasteiger partial charge in [0.15, 0.2) is 6.10 Å². The average Bonchev–Trinajstić information content (AvgIpc) is 2.64. The van der Waals surface area contributed by atoms with E-state index >= 15 is 0 Å². The molecule has 6 heteroatoms. The highest BCUT2D eigenvalue weighted by Gasteiger charge is 2.18. The second-order valence-corrected chi connectivity index (χ2v) is 7.73. The number of nitrogens with one attached hydrogen (secondary N) is 1. The van der Waals surface area contributed by atoms with Crippen LogP contribution in [0, 0.1) is 6.92 Å². The smallest absolute Gasteiger partial charge is 0.265 e. The van der Waals surface area contributed by atoms with Crippen LogP contribution >= 0.6 is 11.6 Å². The van der Waals surface area contributed by atoms with Crippen LogP contribution < -0.4 is 10.1 Å². The van der Waals surface area contributed by atoms with Gasteiger partial charge in [-0.3, -0.25) is 9.59 Å². The highest BCUT2D eigenvalue weighted by Crippen LogP contribution is 2.26. The molecule has 0 aromatic heterocycles. The highest BCUT2D eigenvalue weighted by atomic mass is 35.5. The Bertz CT molecular complexity index is 878. The molecule has 0 spiro atoms. The Balaban J connectivity index is 2.14. The van der Waals surface area contributed by atoms with Gasteiger partial charge in [0, 0.05) is 19.8 Å². The van der Waals surface area contributed by atoms with Crippen LogP contribution in [0.25, 0.3) is 0 Å². The SMILES string of the molecule is Cc1ccc(C(C)C)cc1OC(C)C(=O)Nc1ccc(Cl)c(C(=O)N(C)C)c1. The molecule has 0 saturated carbocycles. The molecule has 0 bridgehead atoms. The van der Waals surface area contributed by atoms with E-state index in [1.807, 2.05) is 19.1 Å². The van der Waals surface area contributed by atoms with Crippen molar-refractivity contribution in [1.82, 2.24) is 4.90 Å². The molecule has 1 atom stereocenters. The fourth-order valence-electron chi connectivity index (χ4n) is 2.60. The van der Waals surface area contributed by atoms with Gasteiger partial charge >= 0.3 is 0 Å². The summed E-state index contributed by atoms with van der Waals surface area (Å²) in [6.07, 6.45) is -0.704. The molecule has 1 unspecified atom stereocenters. The summed E-state index contributed by atoms with van der Waals surface area (Å²) in [7, 11) is 3.29. The van der Waals surface area contributed by atoms with Crippen LogP contribution in [0.15, 0.2) is 36.4 Å². The third-order valence-corrected chi connectivity index (χ3v) is 4.75. The van der Waals surface area contributed by atoms with E-state index in [-0.39, 0.29) is 11.8 Å². The molecule has 0 fully saturated rings. The Labute approximate surface area is 171 Å². The van der Waals surface area contributed by atoms with Crippen LogP contribution in [0.4, 0.5) is 5.69 Å². The summed E-state index contributed by atoms with van der Waals surface area (Å²) in [5, 5.41) is 3.12. The lowest BCUT2D eigenvalue weighted by atomic mass is 10.0. The van der Waals surface area contributed by atoms with Gasteiger partial charge in [-0.25, -0.2) is 0 Å². The molecule has 2 rings (SSSR count). The molecule has 2 aromatic rings. The number of hydrogen-bond donors (Lipinski definition) is 1. The van der Waals surface area contributed by atoms with Gasteiger partial charge in [0.05, 0.1) is 10.6 Å². The molecule has 2 amide bonds. The average molecular weight is 403 g/mol. The van der Waals surface area contributed by atoms with Crippen LogP contribution in [-0.4, -0.2) is 36.9 Å². The maximum atomic E-state index is 12.6. The number of carbonyl (C=O) groups is 2. The van der Waals surface area contributed by atoms with E-state index in [1.54, 1.807) is 39.2 Å². The largest absolute Gasteiger partial charge is 0.481 e. The normalized spacial score (nSPS) is 11.9. The Morgan fingerprint density at radius 2 is 1.75 bits per heavy atom. The van der Waals surface area contributed by atoms with Gasteiger partial charge in [0.2, 0.25) is 0 Å². The molecule has 0 heterocycles. The van der Waals surface area contributed by atoms with Crippen molar-refractivity contribution >= 4 is 29.1 Å². The number of nitrogens with zero attached hydrogens (tertiary/aromatic N) is 1. The Hall–Kier alpha value is -2.53. The minimum atomic E-state index is -0.704. The third-order valence-electron chi connectivity index (χ3n) is 4.42. The predicted molar refractivity (Wildman–Crippen MR) is 113 cm³/mol. The zero-order valence-electron chi connectivity index (χ0n) is 17.2. The van der Waals surface area contributed by atoms with Crippen molar-refractivity contribution in [2.75, 3.05) is 19.4 Å². The first kappa shape index (κ1) is 21.8. The van der Waals surface area contributed by atoms with E-state index < -0.39 is 6.10 Å². The van der Waals surface area contributed by atoms with Crippen molar-refractivity contribution in [3.63, 3.8) is 0 Å². The number of rotatable bonds is 6. The van der Waals surface area contributed by atoms with Crippen LogP contribution in [0.1, 0.15) is 48.2 Å². The summed E-state index contributed by atoms with van der Waals surface area (Å²) in [5.41, 5.74) is 2.94. The predicted octanol–water partition coefficient (Wildman–Crippen LogP) is 4.88. The summed E-state index contributed by atoms with van der Waals surface area (Å²) in [4.78, 5) is 26.2. The molecule has 150 valence electrons. The molecule has 0 aliphatic rings. The molecule has 0 aliphatic carbocycles. The maximum Gasteiger partial charge on any atom is 0.265 e. The number of anilines is 1. The quantitative estimate of drug-likeness (QED) is 0.749. The lowest BCUT2D eigenvalue weighted by Gasteiger charge is -2.18. The van der Waals surface area contributed by atoms with Gasteiger partial charge in [-0.15, -0.1) is 0 Å². The standard InChI is InChI=1S/C22H27ClN2O3/c1-13(2)16-8-7-14(3)20(11-16)28-15(4)21(26)24-17-9-10-19(23)18(12-17)22(27)25(5)6/h7-13,15H,1-6H3,(H,24,26). The van der Waals surface area contributed by atoms with E-state index in [1.165, 1.54) is 4.90 Å². The van der Waals surface area contributed by atoms with Gasteiger partial charge in [0.25, 0.3) is 11.8 Å². The van der Waals surface area contributed by atoms with Gasteiger partial charge in [-0.1, -0.05) is 37.6 Å². The number of amides is 2. The highest BCUT2D eigenvalue weighted by molar-refractivity contribution is 6.34. The number of ether oxygens (including phenoxy) is 1. The summed E-state index contributed by atoms with van der Waals surface area (Å²) in [5.74, 6) is 0.522. The topological polar surface area (TPSA) is 58.6 Å². The summed E-state index contributed by atoms with van der Waals surface area (Å²) < 4.78 is 5.90. The molecule has 0 aliphatic heterocycles. The monoisotopic (exact) mass is 402 g/mol. The van der Waals surface area contributed by atoms with Gasteiger partial charge < -0.3 is 15.0 Å². The van der Waals surface area contributed by atoms with Crippen molar-refractivity contribution in [2.45, 2.75) is 39.7 Å². The Kier molecular flexibility index (Phi) is 7.08. The Morgan fingerprint density at radius 1 is 1.07 bits per heavy atom. The molecule has 1 N–H and O–H groups in total. The first-order chi connectivity index (χ1) is 13.1. The molecular weight excluding hydrogens is 376 g/mol. The van der Waals surface area contributed by atoms with Crippen LogP contribution in [0.5, 0.6) is 5.75 Å². The number of halogens is 1. The van der Waals surface area contributed by atoms with Crippen molar-refractivity contribution in [2.24, 2.45) is 0 Å². The molecule has 2 aromatic carbocycles. The number of benzene rings is 2. The summed E-state index contributed by atoms with van der Waals surface area (Å²) in [6, 6.07) is 10.8. The van der Waals surface area contributed by atoms with Crippen LogP contribution in [-0.2, 0) is 4.79 Å². The second-order valence-electron chi connectivity index (χ2n) is 7.32. The van der Waals surface area contributed by atoms with E-state index in [4.69, 9.17) is 16.3 Å². The molecule has 0 radical (unpaired) electrons. The number of hydrogen-bond acceptors (Lipinski definition) is 3.